The van der Waals surface area contributed by atoms with E-state index in [9.17, 15) is 14.3 Å². The molecule has 1 fully saturated rings. The van der Waals surface area contributed by atoms with E-state index < -0.39 is 11.4 Å². The Labute approximate surface area is 219 Å². The molecule has 0 radical (unpaired) electrons. The number of nitrogens with zero attached hydrogens (tertiary/aromatic N) is 2. The van der Waals surface area contributed by atoms with Gasteiger partial charge in [0, 0.05) is 35.5 Å². The first-order chi connectivity index (χ1) is 18.4. The largest absolute Gasteiger partial charge is 0.481 e. The number of rotatable bonds is 7. The molecular weight excluding hydrogens is 479 g/mol. The first-order valence-electron chi connectivity index (χ1n) is 12.5. The van der Waals surface area contributed by atoms with Crippen molar-refractivity contribution in [1.82, 2.24) is 10.1 Å². The normalized spacial score (nSPS) is 13.8. The Bertz CT molecular complexity index is 1630. The Morgan fingerprint density at radius 3 is 2.24 bits per heavy atom. The second kappa shape index (κ2) is 9.38. The number of halogens is 1. The zero-order chi connectivity index (χ0) is 26.3. The number of carbonyl (C=O) groups is 1. The number of aryl methyl sites for hydroxylation is 1. The van der Waals surface area contributed by atoms with Crippen LogP contribution < -0.4 is 0 Å². The molecule has 0 saturated heterocycles. The van der Waals surface area contributed by atoms with Gasteiger partial charge in [0.2, 0.25) is 0 Å². The minimum Gasteiger partial charge on any atom is -0.481 e. The van der Waals surface area contributed by atoms with E-state index in [1.54, 1.807) is 12.3 Å². The van der Waals surface area contributed by atoms with Crippen molar-refractivity contribution in [3.8, 4) is 33.6 Å². The van der Waals surface area contributed by atoms with E-state index in [4.69, 9.17) is 4.52 Å². The van der Waals surface area contributed by atoms with Gasteiger partial charge in [0.05, 0.1) is 11.1 Å². The zero-order valence-corrected chi connectivity index (χ0v) is 20.8. The van der Waals surface area contributed by atoms with Crippen LogP contribution in [0.3, 0.4) is 0 Å². The number of carboxylic acid groups (broad SMARTS) is 1. The van der Waals surface area contributed by atoms with E-state index in [0.717, 1.165) is 50.2 Å². The molecule has 0 aliphatic heterocycles. The molecule has 2 heterocycles. The highest BCUT2D eigenvalue weighted by Crippen LogP contribution is 2.48. The third-order valence-corrected chi connectivity index (χ3v) is 7.40. The van der Waals surface area contributed by atoms with Crippen molar-refractivity contribution in [3.05, 3.63) is 119 Å². The number of aromatic nitrogens is 2. The van der Waals surface area contributed by atoms with Crippen molar-refractivity contribution in [3.63, 3.8) is 0 Å². The van der Waals surface area contributed by atoms with Gasteiger partial charge >= 0.3 is 5.97 Å². The quantitative estimate of drug-likeness (QED) is 0.253. The van der Waals surface area contributed by atoms with Crippen molar-refractivity contribution >= 4 is 5.97 Å². The van der Waals surface area contributed by atoms with Gasteiger partial charge in [0.25, 0.3) is 0 Å². The Morgan fingerprint density at radius 1 is 0.895 bits per heavy atom. The molecule has 188 valence electrons. The average molecular weight is 505 g/mol. The van der Waals surface area contributed by atoms with Crippen molar-refractivity contribution in [1.29, 1.82) is 0 Å². The molecule has 6 rings (SSSR count). The summed E-state index contributed by atoms with van der Waals surface area (Å²) in [5.74, 6) is -0.321. The monoisotopic (exact) mass is 504 g/mol. The van der Waals surface area contributed by atoms with Crippen LogP contribution in [0.2, 0.25) is 0 Å². The summed E-state index contributed by atoms with van der Waals surface area (Å²) in [5.41, 5.74) is 7.53. The summed E-state index contributed by atoms with van der Waals surface area (Å²) in [6.45, 7) is 1.92. The minimum absolute atomic E-state index is 0.281. The van der Waals surface area contributed by atoms with Gasteiger partial charge in [-0.2, -0.15) is 0 Å². The third kappa shape index (κ3) is 4.39. The molecule has 6 heteroatoms. The molecule has 5 nitrogen and oxygen atoms in total. The molecule has 1 N–H and O–H groups in total. The van der Waals surface area contributed by atoms with Gasteiger partial charge in [-0.3, -0.25) is 9.78 Å². The number of hydrogen-bond acceptors (Lipinski definition) is 4. The van der Waals surface area contributed by atoms with Crippen LogP contribution in [-0.2, 0) is 16.6 Å². The third-order valence-electron chi connectivity index (χ3n) is 7.40. The Kier molecular flexibility index (Phi) is 5.87. The maximum Gasteiger partial charge on any atom is 0.314 e. The lowest BCUT2D eigenvalue weighted by molar-refractivity contribution is -0.140. The summed E-state index contributed by atoms with van der Waals surface area (Å²) in [6.07, 6.45) is 5.51. The van der Waals surface area contributed by atoms with E-state index in [2.05, 4.69) is 10.1 Å². The maximum atomic E-state index is 13.7. The minimum atomic E-state index is -0.746. The van der Waals surface area contributed by atoms with Crippen LogP contribution in [0.5, 0.6) is 0 Å². The first-order valence-corrected chi connectivity index (χ1v) is 12.5. The second-order valence-corrected chi connectivity index (χ2v) is 9.89. The lowest BCUT2D eigenvalue weighted by Gasteiger charge is -2.11. The molecule has 1 aliphatic carbocycles. The Morgan fingerprint density at radius 2 is 1.58 bits per heavy atom. The molecule has 0 atom stereocenters. The summed E-state index contributed by atoms with van der Waals surface area (Å²) >= 11 is 0. The molecule has 3 aromatic carbocycles. The number of carboxylic acids is 1. The van der Waals surface area contributed by atoms with Crippen LogP contribution in [0.25, 0.3) is 33.6 Å². The Balaban J connectivity index is 1.24. The van der Waals surface area contributed by atoms with Crippen molar-refractivity contribution in [2.75, 3.05) is 0 Å². The van der Waals surface area contributed by atoms with Crippen LogP contribution >= 0.6 is 0 Å². The van der Waals surface area contributed by atoms with Gasteiger partial charge in [-0.1, -0.05) is 65.8 Å². The zero-order valence-electron chi connectivity index (χ0n) is 20.8. The smallest absolute Gasteiger partial charge is 0.314 e. The summed E-state index contributed by atoms with van der Waals surface area (Å²) in [7, 11) is 0. The summed E-state index contributed by atoms with van der Waals surface area (Å²) in [6, 6.07) is 24.4. The van der Waals surface area contributed by atoms with Gasteiger partial charge in [0.1, 0.15) is 5.82 Å². The van der Waals surface area contributed by atoms with E-state index in [-0.39, 0.29) is 5.82 Å². The molecule has 0 amide bonds. The van der Waals surface area contributed by atoms with Gasteiger partial charge < -0.3 is 9.63 Å². The molecule has 2 aromatic heterocycles. The topological polar surface area (TPSA) is 76.2 Å². The highest BCUT2D eigenvalue weighted by atomic mass is 19.1. The fourth-order valence-electron chi connectivity index (χ4n) is 4.98. The summed E-state index contributed by atoms with van der Waals surface area (Å²) < 4.78 is 19.5. The molecule has 0 bridgehead atoms. The first kappa shape index (κ1) is 23.8. The number of hydrogen-bond donors (Lipinski definition) is 1. The molecule has 38 heavy (non-hydrogen) atoms. The van der Waals surface area contributed by atoms with E-state index in [1.165, 1.54) is 12.1 Å². The second-order valence-electron chi connectivity index (χ2n) is 9.89. The number of aliphatic carboxylic acids is 1. The predicted molar refractivity (Wildman–Crippen MR) is 143 cm³/mol. The van der Waals surface area contributed by atoms with Crippen LogP contribution in [0.15, 0.2) is 95.8 Å². The van der Waals surface area contributed by atoms with Gasteiger partial charge in [0.15, 0.2) is 5.76 Å². The van der Waals surface area contributed by atoms with Crippen LogP contribution in [0.4, 0.5) is 4.39 Å². The lowest BCUT2D eigenvalue weighted by Crippen LogP contribution is -2.19. The van der Waals surface area contributed by atoms with E-state index >= 15 is 0 Å². The SMILES string of the molecule is Cc1noc(-c2ccc(-c3ccc(C4(C(=O)O)CC4)cc3)cc2)c1Cc1cncc(-c2cccc(F)c2)c1. The molecule has 0 unspecified atom stereocenters. The van der Waals surface area contributed by atoms with E-state index in [1.807, 2.05) is 73.8 Å². The average Bonchev–Trinajstić information content (AvgIpc) is 3.68. The van der Waals surface area contributed by atoms with Crippen LogP contribution in [0.1, 0.15) is 35.2 Å². The molecule has 1 saturated carbocycles. The van der Waals surface area contributed by atoms with Gasteiger partial charge in [-0.05, 0) is 65.8 Å². The van der Waals surface area contributed by atoms with Gasteiger partial charge in [-0.15, -0.1) is 0 Å². The van der Waals surface area contributed by atoms with Crippen molar-refractivity contribution in [2.24, 2.45) is 0 Å². The van der Waals surface area contributed by atoms with Crippen molar-refractivity contribution < 1.29 is 18.8 Å². The fourth-order valence-corrected chi connectivity index (χ4v) is 4.98. The van der Waals surface area contributed by atoms with E-state index in [0.29, 0.717) is 25.0 Å². The molecule has 5 aromatic rings. The number of benzene rings is 3. The standard InChI is InChI=1S/C32H25FN2O3/c1-20-29(16-21-15-26(19-34-18-21)25-3-2-4-28(33)17-25)30(38-35-20)24-7-5-22(6-8-24)23-9-11-27(12-10-23)32(13-14-32)31(36)37/h2-12,15,17-19H,13-14,16H2,1H3,(H,36,37). The molecule has 1 aliphatic rings. The highest BCUT2D eigenvalue weighted by Gasteiger charge is 2.51. The Hall–Kier alpha value is -4.58. The highest BCUT2D eigenvalue weighted by molar-refractivity contribution is 5.85. The lowest BCUT2D eigenvalue weighted by atomic mass is 9.93. The summed E-state index contributed by atoms with van der Waals surface area (Å²) in [5, 5.41) is 13.8. The fraction of sp³-hybridized carbons (Fsp3) is 0.156. The van der Waals surface area contributed by atoms with Crippen LogP contribution in [-0.4, -0.2) is 21.2 Å². The van der Waals surface area contributed by atoms with Crippen LogP contribution in [0, 0.1) is 12.7 Å². The van der Waals surface area contributed by atoms with Gasteiger partial charge in [-0.25, -0.2) is 4.39 Å². The molecule has 0 spiro atoms. The number of pyridine rings is 1. The molecular formula is C32H25FN2O3. The van der Waals surface area contributed by atoms with Crippen molar-refractivity contribution in [2.45, 2.75) is 31.6 Å². The predicted octanol–water partition coefficient (Wildman–Crippen LogP) is 7.23. The summed E-state index contributed by atoms with van der Waals surface area (Å²) in [4.78, 5) is 16.0. The maximum absolute atomic E-state index is 13.7.